The number of fused-ring (bicyclic) bond motifs is 1. The number of aryl methyl sites for hydroxylation is 1. The summed E-state index contributed by atoms with van der Waals surface area (Å²) >= 11 is 0. The van der Waals surface area contributed by atoms with Crippen molar-refractivity contribution in [2.24, 2.45) is 12.0 Å². The number of benzene rings is 2. The van der Waals surface area contributed by atoms with Gasteiger partial charge in [-0.3, -0.25) is 28.9 Å². The van der Waals surface area contributed by atoms with Crippen molar-refractivity contribution in [1.29, 1.82) is 0 Å². The predicted octanol–water partition coefficient (Wildman–Crippen LogP) is 5.60. The summed E-state index contributed by atoms with van der Waals surface area (Å²) in [5.74, 6) is 0.253. The maximum Gasteiger partial charge on any atom is 0.219 e. The van der Waals surface area contributed by atoms with Crippen LogP contribution in [0.4, 0.5) is 4.39 Å². The summed E-state index contributed by atoms with van der Waals surface area (Å²) in [7, 11) is 1.89. The molecule has 9 nitrogen and oxygen atoms in total. The molecular weight excluding hydrogens is 535 g/mol. The summed E-state index contributed by atoms with van der Waals surface area (Å²) in [5.41, 5.74) is 3.38. The van der Waals surface area contributed by atoms with Crippen LogP contribution < -0.4 is 10.2 Å². The van der Waals surface area contributed by atoms with E-state index in [9.17, 15) is 14.0 Å². The van der Waals surface area contributed by atoms with E-state index in [2.05, 4.69) is 20.2 Å². The highest BCUT2D eigenvalue weighted by atomic mass is 19.1. The van der Waals surface area contributed by atoms with Crippen LogP contribution in [0, 0.1) is 5.82 Å². The average molecular weight is 563 g/mol. The molecule has 0 amide bonds. The van der Waals surface area contributed by atoms with Gasteiger partial charge in [0, 0.05) is 53.3 Å². The molecule has 0 atom stereocenters. The Kier molecular flexibility index (Phi) is 7.03. The van der Waals surface area contributed by atoms with Crippen molar-refractivity contribution in [2.45, 2.75) is 26.3 Å². The monoisotopic (exact) mass is 562 g/mol. The van der Waals surface area contributed by atoms with Gasteiger partial charge in [0.05, 0.1) is 30.9 Å². The largest absolute Gasteiger partial charge is 0.455 e. The Balaban J connectivity index is 1.26. The molecule has 4 heterocycles. The number of aromatic nitrogens is 5. The minimum Gasteiger partial charge on any atom is -0.455 e. The number of ether oxygens (including phenoxy) is 1. The predicted molar refractivity (Wildman–Crippen MR) is 159 cm³/mol. The lowest BCUT2D eigenvalue weighted by molar-refractivity contribution is 0.0983. The summed E-state index contributed by atoms with van der Waals surface area (Å²) in [5, 5.41) is 9.60. The first-order valence-electron chi connectivity index (χ1n) is 13.5. The van der Waals surface area contributed by atoms with E-state index < -0.39 is 17.0 Å². The van der Waals surface area contributed by atoms with Gasteiger partial charge in [-0.2, -0.15) is 10.2 Å². The summed E-state index contributed by atoms with van der Waals surface area (Å²) in [6.07, 6.45) is 8.65. The van der Waals surface area contributed by atoms with E-state index in [4.69, 9.17) is 4.74 Å². The fourth-order valence-corrected chi connectivity index (χ4v) is 4.76. The normalized spacial score (nSPS) is 12.7. The highest BCUT2D eigenvalue weighted by molar-refractivity contribution is 6.13. The van der Waals surface area contributed by atoms with Crippen molar-refractivity contribution in [3.8, 4) is 22.6 Å². The zero-order valence-corrected chi connectivity index (χ0v) is 23.3. The zero-order valence-electron chi connectivity index (χ0n) is 23.3. The average Bonchev–Trinajstić information content (AvgIpc) is 3.64. The minimum atomic E-state index is -0.508. The van der Waals surface area contributed by atoms with E-state index in [-0.39, 0.29) is 23.7 Å². The standard InChI is InChI=1S/C32H27FN6O3/c1-19(2)39-18-27(20-4-6-23(33)7-5-20)32(41)31(37-39)29(40)13-24-8-9-25(17-35-24)42-30-12-22-16-36-38(3)28(22)14-26(30)21-10-11-34-15-21/h4-10,12,14-19H,11,13H2,1-3H3. The van der Waals surface area contributed by atoms with Crippen LogP contribution in [-0.4, -0.2) is 43.1 Å². The number of rotatable bonds is 8. The molecule has 0 saturated heterocycles. The number of halogens is 1. The van der Waals surface area contributed by atoms with Crippen molar-refractivity contribution < 1.29 is 13.9 Å². The minimum absolute atomic E-state index is 0.104. The van der Waals surface area contributed by atoms with Gasteiger partial charge in [-0.25, -0.2) is 4.39 Å². The van der Waals surface area contributed by atoms with Crippen molar-refractivity contribution in [3.63, 3.8) is 0 Å². The van der Waals surface area contributed by atoms with Gasteiger partial charge in [-0.05, 0) is 55.8 Å². The SMILES string of the molecule is CC(C)n1cc(-c2ccc(F)cc2)c(=O)c(C(=O)Cc2ccc(Oc3cc4cnn(C)c4cc3C3=CCN=C3)cn2)n1. The van der Waals surface area contributed by atoms with Gasteiger partial charge in [0.15, 0.2) is 11.5 Å². The first kappa shape index (κ1) is 26.9. The lowest BCUT2D eigenvalue weighted by atomic mass is 10.0. The lowest BCUT2D eigenvalue weighted by Gasteiger charge is -2.14. The smallest absolute Gasteiger partial charge is 0.219 e. The molecule has 1 aliphatic rings. The van der Waals surface area contributed by atoms with E-state index in [0.29, 0.717) is 29.3 Å². The number of ketones is 1. The van der Waals surface area contributed by atoms with Gasteiger partial charge in [0.1, 0.15) is 17.3 Å². The molecule has 10 heteroatoms. The molecular formula is C32H27FN6O3. The summed E-state index contributed by atoms with van der Waals surface area (Å²) in [4.78, 5) is 35.3. The number of hydrogen-bond donors (Lipinski definition) is 0. The first-order valence-corrected chi connectivity index (χ1v) is 13.5. The first-order chi connectivity index (χ1) is 20.3. The zero-order chi connectivity index (χ0) is 29.4. The van der Waals surface area contributed by atoms with Crippen LogP contribution in [-0.2, 0) is 13.5 Å². The van der Waals surface area contributed by atoms with E-state index in [1.807, 2.05) is 50.0 Å². The Morgan fingerprint density at radius 2 is 1.88 bits per heavy atom. The maximum absolute atomic E-state index is 13.5. The number of pyridine rings is 1. The fraction of sp³-hybridized carbons (Fsp3) is 0.188. The number of allylic oxidation sites excluding steroid dienone is 1. The molecule has 0 saturated carbocycles. The third-order valence-electron chi connectivity index (χ3n) is 7.06. The number of aliphatic imine (C=N–C) groups is 1. The molecule has 0 bridgehead atoms. The Morgan fingerprint density at radius 1 is 1.07 bits per heavy atom. The molecule has 2 aromatic carbocycles. The molecule has 3 aromatic heterocycles. The highest BCUT2D eigenvalue weighted by Gasteiger charge is 2.20. The van der Waals surface area contributed by atoms with Crippen LogP contribution >= 0.6 is 0 Å². The number of hydrogen-bond acceptors (Lipinski definition) is 7. The van der Waals surface area contributed by atoms with Crippen molar-refractivity contribution >= 4 is 28.5 Å². The molecule has 0 unspecified atom stereocenters. The molecule has 0 radical (unpaired) electrons. The number of carbonyl (C=O) groups excluding carboxylic acids is 1. The fourth-order valence-electron chi connectivity index (χ4n) is 4.76. The summed E-state index contributed by atoms with van der Waals surface area (Å²) < 4.78 is 23.1. The molecule has 210 valence electrons. The molecule has 5 aromatic rings. The van der Waals surface area contributed by atoms with Crippen molar-refractivity contribution in [1.82, 2.24) is 24.5 Å². The quantitative estimate of drug-likeness (QED) is 0.228. The topological polar surface area (TPSA) is 104 Å². The van der Waals surface area contributed by atoms with Crippen molar-refractivity contribution in [2.75, 3.05) is 6.54 Å². The van der Waals surface area contributed by atoms with Crippen LogP contribution in [0.25, 0.3) is 27.6 Å². The summed E-state index contributed by atoms with van der Waals surface area (Å²) in [6.45, 7) is 4.41. The molecule has 0 spiro atoms. The Morgan fingerprint density at radius 3 is 2.57 bits per heavy atom. The molecule has 42 heavy (non-hydrogen) atoms. The second-order valence-electron chi connectivity index (χ2n) is 10.3. The third-order valence-corrected chi connectivity index (χ3v) is 7.06. The van der Waals surface area contributed by atoms with Crippen molar-refractivity contribution in [3.05, 3.63) is 106 Å². The molecule has 1 aliphatic heterocycles. The number of nitrogens with zero attached hydrogens (tertiary/aromatic N) is 6. The van der Waals surface area contributed by atoms with Crippen LogP contribution in [0.3, 0.4) is 0 Å². The molecule has 6 rings (SSSR count). The maximum atomic E-state index is 13.5. The van der Waals surface area contributed by atoms with E-state index in [1.54, 1.807) is 35.4 Å². The van der Waals surface area contributed by atoms with Gasteiger partial charge < -0.3 is 4.74 Å². The van der Waals surface area contributed by atoms with Gasteiger partial charge in [-0.15, -0.1) is 0 Å². The highest BCUT2D eigenvalue weighted by Crippen LogP contribution is 2.34. The lowest BCUT2D eigenvalue weighted by Crippen LogP contribution is -2.25. The van der Waals surface area contributed by atoms with Crippen LogP contribution in [0.1, 0.15) is 41.6 Å². The third kappa shape index (κ3) is 5.26. The Hall–Kier alpha value is -5.25. The van der Waals surface area contributed by atoms with Crippen LogP contribution in [0.2, 0.25) is 0 Å². The second-order valence-corrected chi connectivity index (χ2v) is 10.3. The van der Waals surface area contributed by atoms with Crippen LogP contribution in [0.5, 0.6) is 11.5 Å². The van der Waals surface area contributed by atoms with Gasteiger partial charge in [-0.1, -0.05) is 18.2 Å². The van der Waals surface area contributed by atoms with Gasteiger partial charge in [0.25, 0.3) is 0 Å². The van der Waals surface area contributed by atoms with Crippen LogP contribution in [0.15, 0.2) is 83.0 Å². The molecule has 0 N–H and O–H groups in total. The van der Waals surface area contributed by atoms with Gasteiger partial charge >= 0.3 is 0 Å². The Bertz CT molecular complexity index is 1940. The number of Topliss-reactive ketones (excluding diaryl/α,β-unsaturated/α-hetero) is 1. The second kappa shape index (κ2) is 11.0. The van der Waals surface area contributed by atoms with E-state index in [1.165, 1.54) is 24.3 Å². The Labute approximate surface area is 240 Å². The number of carbonyl (C=O) groups is 1. The summed E-state index contributed by atoms with van der Waals surface area (Å²) in [6, 6.07) is 12.9. The van der Waals surface area contributed by atoms with E-state index >= 15 is 0 Å². The molecule has 0 aliphatic carbocycles. The van der Waals surface area contributed by atoms with E-state index in [0.717, 1.165) is 22.0 Å². The molecule has 0 fully saturated rings. The van der Waals surface area contributed by atoms with Gasteiger partial charge in [0.2, 0.25) is 5.43 Å².